The van der Waals surface area contributed by atoms with E-state index in [4.69, 9.17) is 9.47 Å². The highest BCUT2D eigenvalue weighted by Gasteiger charge is 2.31. The van der Waals surface area contributed by atoms with E-state index in [1.807, 2.05) is 88.0 Å². The van der Waals surface area contributed by atoms with Gasteiger partial charge in [-0.15, -0.1) is 10.2 Å². The molecule has 3 aromatic carbocycles. The minimum absolute atomic E-state index is 0.0718. The Morgan fingerprint density at radius 1 is 0.881 bits per heavy atom. The lowest BCUT2D eigenvalue weighted by Gasteiger charge is -2.40. The van der Waals surface area contributed by atoms with Crippen LogP contribution < -0.4 is 9.47 Å². The van der Waals surface area contributed by atoms with Gasteiger partial charge >= 0.3 is 0 Å². The van der Waals surface area contributed by atoms with Crippen molar-refractivity contribution in [1.82, 2.24) is 24.6 Å². The molecular formula is C32H35N5O4S. The lowest BCUT2D eigenvalue weighted by molar-refractivity contribution is -0.133. The number of hydrogen-bond acceptors (Lipinski definition) is 7. The number of nitrogens with zero attached hydrogens (tertiary/aromatic N) is 5. The summed E-state index contributed by atoms with van der Waals surface area (Å²) in [6.45, 7) is 3.50. The summed E-state index contributed by atoms with van der Waals surface area (Å²) < 4.78 is 13.0. The molecule has 2 amide bonds. The second-order valence-electron chi connectivity index (χ2n) is 10.0. The second-order valence-corrected chi connectivity index (χ2v) is 11.1. The van der Waals surface area contributed by atoms with Crippen LogP contribution in [0.25, 0.3) is 17.1 Å². The average molecular weight is 586 g/mol. The number of piperazine rings is 1. The molecule has 1 atom stereocenters. The first kappa shape index (κ1) is 29.2. The maximum atomic E-state index is 13.2. The Morgan fingerprint density at radius 2 is 1.57 bits per heavy atom. The summed E-state index contributed by atoms with van der Waals surface area (Å²) in [6, 6.07) is 24.9. The number of hydrogen-bond donors (Lipinski definition) is 0. The van der Waals surface area contributed by atoms with Crippen LogP contribution >= 0.6 is 11.8 Å². The highest BCUT2D eigenvalue weighted by Crippen LogP contribution is 2.33. The van der Waals surface area contributed by atoms with Gasteiger partial charge in [-0.1, -0.05) is 66.4 Å². The zero-order valence-corrected chi connectivity index (χ0v) is 24.9. The summed E-state index contributed by atoms with van der Waals surface area (Å²) in [4.78, 5) is 30.0. The third-order valence-corrected chi connectivity index (χ3v) is 8.35. The maximum Gasteiger partial charge on any atom is 0.257 e. The van der Waals surface area contributed by atoms with Gasteiger partial charge in [0.2, 0.25) is 5.91 Å². The molecule has 1 unspecified atom stereocenters. The maximum absolute atomic E-state index is 13.2. The van der Waals surface area contributed by atoms with E-state index in [1.165, 1.54) is 0 Å². The fraction of sp³-hybridized carbons (Fsp3) is 0.312. The van der Waals surface area contributed by atoms with Gasteiger partial charge in [0, 0.05) is 43.4 Å². The zero-order chi connectivity index (χ0) is 29.5. The molecule has 1 aliphatic heterocycles. The molecule has 1 aliphatic rings. The van der Waals surface area contributed by atoms with Crippen LogP contribution in [0.15, 0.2) is 84.0 Å². The van der Waals surface area contributed by atoms with E-state index in [0.29, 0.717) is 49.5 Å². The number of benzene rings is 3. The topological polar surface area (TPSA) is 89.8 Å². The molecule has 218 valence electrons. The van der Waals surface area contributed by atoms with Gasteiger partial charge in [0.05, 0.1) is 25.5 Å². The van der Waals surface area contributed by atoms with Crippen molar-refractivity contribution in [3.63, 3.8) is 0 Å². The van der Waals surface area contributed by atoms with Gasteiger partial charge in [-0.3, -0.25) is 14.2 Å². The summed E-state index contributed by atoms with van der Waals surface area (Å²) >= 11 is 1.57. The van der Waals surface area contributed by atoms with Crippen molar-refractivity contribution in [3.8, 4) is 28.6 Å². The smallest absolute Gasteiger partial charge is 0.257 e. The highest BCUT2D eigenvalue weighted by molar-refractivity contribution is 7.99. The number of carbonyl (C=O) groups excluding carboxylic acids is 2. The third-order valence-electron chi connectivity index (χ3n) is 7.34. The number of thioether (sulfide) groups is 1. The van der Waals surface area contributed by atoms with Gasteiger partial charge in [-0.2, -0.15) is 0 Å². The van der Waals surface area contributed by atoms with E-state index in [1.54, 1.807) is 38.1 Å². The molecule has 0 N–H and O–H groups in total. The summed E-state index contributed by atoms with van der Waals surface area (Å²) in [5.74, 6) is 2.75. The first-order chi connectivity index (χ1) is 20.5. The van der Waals surface area contributed by atoms with E-state index >= 15 is 0 Å². The monoisotopic (exact) mass is 585 g/mol. The van der Waals surface area contributed by atoms with E-state index in [9.17, 15) is 9.59 Å². The molecule has 0 radical (unpaired) electrons. The van der Waals surface area contributed by atoms with Crippen molar-refractivity contribution < 1.29 is 19.1 Å². The molecule has 0 spiro atoms. The first-order valence-corrected chi connectivity index (χ1v) is 15.0. The van der Waals surface area contributed by atoms with Gasteiger partial charge < -0.3 is 19.3 Å². The molecule has 42 heavy (non-hydrogen) atoms. The minimum Gasteiger partial charge on any atom is -0.496 e. The number of aromatic nitrogens is 3. The fourth-order valence-corrected chi connectivity index (χ4v) is 6.06. The molecular weight excluding hydrogens is 550 g/mol. The van der Waals surface area contributed by atoms with Crippen molar-refractivity contribution >= 4 is 23.6 Å². The number of ether oxygens (including phenoxy) is 2. The molecule has 0 saturated carbocycles. The van der Waals surface area contributed by atoms with E-state index in [0.717, 1.165) is 28.0 Å². The summed E-state index contributed by atoms with van der Waals surface area (Å²) in [6.07, 6.45) is 1.12. The molecule has 5 rings (SSSR count). The lowest BCUT2D eigenvalue weighted by atomic mass is 10.1. The fourth-order valence-electron chi connectivity index (χ4n) is 5.18. The van der Waals surface area contributed by atoms with Crippen molar-refractivity contribution in [3.05, 3.63) is 84.4 Å². The quantitative estimate of drug-likeness (QED) is 0.187. The van der Waals surface area contributed by atoms with Gasteiger partial charge in [0.1, 0.15) is 11.5 Å². The molecule has 1 aromatic heterocycles. The predicted octanol–water partition coefficient (Wildman–Crippen LogP) is 5.20. The van der Waals surface area contributed by atoms with Crippen LogP contribution in [0.1, 0.15) is 30.1 Å². The van der Waals surface area contributed by atoms with Crippen LogP contribution in [0.5, 0.6) is 11.5 Å². The molecule has 0 bridgehead atoms. The Balaban J connectivity index is 1.20. The minimum atomic E-state index is -0.0923. The average Bonchev–Trinajstić information content (AvgIpc) is 3.46. The van der Waals surface area contributed by atoms with E-state index < -0.39 is 0 Å². The van der Waals surface area contributed by atoms with Crippen LogP contribution in [0.3, 0.4) is 0 Å². The Kier molecular flexibility index (Phi) is 9.43. The second kappa shape index (κ2) is 13.6. The van der Waals surface area contributed by atoms with Crippen molar-refractivity contribution in [2.75, 3.05) is 39.6 Å². The van der Waals surface area contributed by atoms with Crippen molar-refractivity contribution in [2.24, 2.45) is 0 Å². The number of amides is 2. The molecule has 0 aliphatic carbocycles. The Bertz CT molecular complexity index is 1530. The predicted molar refractivity (Wildman–Crippen MR) is 163 cm³/mol. The van der Waals surface area contributed by atoms with Crippen molar-refractivity contribution in [1.29, 1.82) is 0 Å². The van der Waals surface area contributed by atoms with Crippen LogP contribution in [0.4, 0.5) is 0 Å². The van der Waals surface area contributed by atoms with Gasteiger partial charge in [0.25, 0.3) is 5.91 Å². The zero-order valence-electron chi connectivity index (χ0n) is 24.1. The Hall–Kier alpha value is -4.31. The van der Waals surface area contributed by atoms with E-state index in [-0.39, 0.29) is 17.9 Å². The lowest BCUT2D eigenvalue weighted by Crippen LogP contribution is -2.55. The molecule has 2 heterocycles. The van der Waals surface area contributed by atoms with Gasteiger partial charge in [0.15, 0.2) is 11.0 Å². The Labute approximate surface area is 250 Å². The number of rotatable bonds is 10. The normalized spacial score (nSPS) is 15.0. The van der Waals surface area contributed by atoms with Crippen LogP contribution in [-0.2, 0) is 4.79 Å². The first-order valence-electron chi connectivity index (χ1n) is 14.0. The summed E-state index contributed by atoms with van der Waals surface area (Å²) in [7, 11) is 3.22. The molecule has 1 saturated heterocycles. The molecule has 1 fully saturated rings. The molecule has 9 nitrogen and oxygen atoms in total. The van der Waals surface area contributed by atoms with Crippen LogP contribution in [0.2, 0.25) is 0 Å². The van der Waals surface area contributed by atoms with E-state index in [2.05, 4.69) is 10.2 Å². The standard InChI is InChI=1S/C32H35N5O4S/c1-23-22-35(19-20-36(23)31(39)25-14-7-9-16-27(25)40-2)29(38)18-11-21-42-32-34-33-30(24-12-5-4-6-13-24)37(32)26-15-8-10-17-28(26)41-3/h4-10,12-17,23H,11,18-22H2,1-3H3. The number of carbonyl (C=O) groups is 2. The summed E-state index contributed by atoms with van der Waals surface area (Å²) in [5, 5.41) is 9.75. The molecule has 4 aromatic rings. The third kappa shape index (κ3) is 6.28. The SMILES string of the molecule is COc1ccccc1C(=O)N1CCN(C(=O)CCCSc2nnc(-c3ccccc3)n2-c2ccccc2OC)CC1C. The summed E-state index contributed by atoms with van der Waals surface area (Å²) in [5.41, 5.74) is 2.35. The van der Waals surface area contributed by atoms with Gasteiger partial charge in [-0.25, -0.2) is 0 Å². The number of para-hydroxylation sites is 3. The van der Waals surface area contributed by atoms with Gasteiger partial charge in [-0.05, 0) is 37.6 Å². The largest absolute Gasteiger partial charge is 0.496 e. The van der Waals surface area contributed by atoms with Crippen LogP contribution in [0, 0.1) is 0 Å². The molecule has 10 heteroatoms. The van der Waals surface area contributed by atoms with Crippen molar-refractivity contribution in [2.45, 2.75) is 31.0 Å². The number of methoxy groups -OCH3 is 2. The van der Waals surface area contributed by atoms with Crippen LogP contribution in [-0.4, -0.2) is 82.0 Å². The highest BCUT2D eigenvalue weighted by atomic mass is 32.2. The Morgan fingerprint density at radius 3 is 2.31 bits per heavy atom.